The Morgan fingerprint density at radius 3 is 1.54 bits per heavy atom. The van der Waals surface area contributed by atoms with Gasteiger partial charge in [-0.2, -0.15) is 0 Å². The lowest BCUT2D eigenvalue weighted by atomic mass is 10.5. The van der Waals surface area contributed by atoms with Crippen LogP contribution in [0.4, 0.5) is 0 Å². The monoisotopic (exact) mass is 213 g/mol. The molecule has 0 aliphatic carbocycles. The molecule has 6 heteroatoms. The van der Waals surface area contributed by atoms with Gasteiger partial charge < -0.3 is 14.9 Å². The van der Waals surface area contributed by atoms with Crippen molar-refractivity contribution in [3.8, 4) is 0 Å². The molecule has 0 aliphatic rings. The Hall–Kier alpha value is 0.0700. The van der Waals surface area contributed by atoms with Crippen molar-refractivity contribution in [1.82, 2.24) is 4.90 Å². The van der Waals surface area contributed by atoms with Gasteiger partial charge in [0.05, 0.1) is 0 Å². The fourth-order valence-corrected chi connectivity index (χ4v) is 0.752. The van der Waals surface area contributed by atoms with Crippen LogP contribution in [-0.4, -0.2) is 45.8 Å². The number of rotatable bonds is 3. The largest absolute Gasteiger partial charge is 0.379 e. The minimum atomic E-state index is -3.64. The van der Waals surface area contributed by atoms with Crippen LogP contribution in [-0.2, 0) is 4.57 Å². The lowest BCUT2D eigenvalue weighted by Crippen LogP contribution is -2.32. The summed E-state index contributed by atoms with van der Waals surface area (Å²) < 4.78 is 9.33. The minimum absolute atomic E-state index is 0.287. The molecule has 0 radical (unpaired) electrons. The van der Waals surface area contributed by atoms with Gasteiger partial charge in [0.15, 0.2) is 0 Å². The standard InChI is InChI=1S/C6H15NO.CH5O3P/c1-4-7(5-2)6(3)8;1-5(2,3)4/h6,8H,4-5H2,1-3H3;1H3,(H2,2,3,4). The van der Waals surface area contributed by atoms with Gasteiger partial charge in [-0.25, -0.2) is 0 Å². The third kappa shape index (κ3) is 18.8. The molecular weight excluding hydrogens is 193 g/mol. The van der Waals surface area contributed by atoms with E-state index in [4.69, 9.17) is 14.9 Å². The third-order valence-corrected chi connectivity index (χ3v) is 1.34. The predicted octanol–water partition coefficient (Wildman–Crippen LogP) is 0.460. The highest BCUT2D eigenvalue weighted by Gasteiger charge is 2.02. The Morgan fingerprint density at radius 1 is 1.31 bits per heavy atom. The maximum atomic E-state index is 9.33. The molecule has 0 saturated carbocycles. The maximum Gasteiger partial charge on any atom is 0.322 e. The molecule has 0 bridgehead atoms. The van der Waals surface area contributed by atoms with Crippen LogP contribution in [0.2, 0.25) is 0 Å². The van der Waals surface area contributed by atoms with Gasteiger partial charge >= 0.3 is 7.60 Å². The summed E-state index contributed by atoms with van der Waals surface area (Å²) in [5, 5.41) is 8.94. The van der Waals surface area contributed by atoms with E-state index in [0.717, 1.165) is 19.8 Å². The molecule has 0 aromatic heterocycles. The third-order valence-electron chi connectivity index (χ3n) is 1.34. The van der Waals surface area contributed by atoms with Crippen LogP contribution in [0.3, 0.4) is 0 Å². The maximum absolute atomic E-state index is 9.33. The smallest absolute Gasteiger partial charge is 0.322 e. The quantitative estimate of drug-likeness (QED) is 0.468. The molecule has 0 rings (SSSR count). The van der Waals surface area contributed by atoms with Crippen molar-refractivity contribution in [3.63, 3.8) is 0 Å². The Kier molecular flexibility index (Phi) is 8.93. The molecule has 0 aromatic carbocycles. The zero-order valence-electron chi connectivity index (χ0n) is 8.64. The van der Waals surface area contributed by atoms with Crippen LogP contribution in [0, 0.1) is 0 Å². The van der Waals surface area contributed by atoms with E-state index in [2.05, 4.69) is 0 Å². The molecule has 3 N–H and O–H groups in total. The minimum Gasteiger partial charge on any atom is -0.379 e. The average molecular weight is 213 g/mol. The molecule has 82 valence electrons. The number of aliphatic hydroxyl groups is 1. The van der Waals surface area contributed by atoms with E-state index >= 15 is 0 Å². The first-order chi connectivity index (χ1) is 5.72. The van der Waals surface area contributed by atoms with E-state index in [1.165, 1.54) is 0 Å². The van der Waals surface area contributed by atoms with Gasteiger partial charge in [0, 0.05) is 6.66 Å². The van der Waals surface area contributed by atoms with Gasteiger partial charge in [-0.15, -0.1) is 0 Å². The van der Waals surface area contributed by atoms with Gasteiger partial charge in [0.2, 0.25) is 0 Å². The summed E-state index contributed by atoms with van der Waals surface area (Å²) in [6, 6.07) is 0. The first-order valence-electron chi connectivity index (χ1n) is 4.17. The number of aliphatic hydroxyl groups excluding tert-OH is 1. The highest BCUT2D eigenvalue weighted by molar-refractivity contribution is 7.50. The molecule has 1 unspecified atom stereocenters. The molecule has 0 amide bonds. The van der Waals surface area contributed by atoms with Crippen molar-refractivity contribution in [2.24, 2.45) is 0 Å². The summed E-state index contributed by atoms with van der Waals surface area (Å²) in [7, 11) is -3.64. The number of nitrogens with zero attached hydrogens (tertiary/aromatic N) is 1. The zero-order chi connectivity index (χ0) is 11.1. The molecule has 0 saturated heterocycles. The summed E-state index contributed by atoms with van der Waals surface area (Å²) in [4.78, 5) is 17.2. The van der Waals surface area contributed by atoms with E-state index in [9.17, 15) is 4.57 Å². The van der Waals surface area contributed by atoms with Gasteiger partial charge in [-0.3, -0.25) is 9.46 Å². The lowest BCUT2D eigenvalue weighted by molar-refractivity contribution is 0.0265. The fourth-order valence-electron chi connectivity index (χ4n) is 0.752. The molecule has 13 heavy (non-hydrogen) atoms. The summed E-state index contributed by atoms with van der Waals surface area (Å²) >= 11 is 0. The SMILES string of the molecule is CCN(CC)C(C)O.CP(=O)(O)O. The number of hydrogen-bond donors (Lipinski definition) is 3. The topological polar surface area (TPSA) is 81.0 Å². The first-order valence-corrected chi connectivity index (χ1v) is 6.23. The highest BCUT2D eigenvalue weighted by atomic mass is 31.2. The molecule has 0 heterocycles. The van der Waals surface area contributed by atoms with Crippen LogP contribution < -0.4 is 0 Å². The molecule has 0 fully saturated rings. The van der Waals surface area contributed by atoms with Crippen molar-refractivity contribution < 1.29 is 19.5 Å². The molecule has 0 aromatic rings. The zero-order valence-corrected chi connectivity index (χ0v) is 9.53. The number of hydrogen-bond acceptors (Lipinski definition) is 3. The van der Waals surface area contributed by atoms with Crippen LogP contribution in [0.15, 0.2) is 0 Å². The molecule has 0 aliphatic heterocycles. The normalized spacial score (nSPS) is 13.5. The lowest BCUT2D eigenvalue weighted by Gasteiger charge is -2.20. The van der Waals surface area contributed by atoms with Crippen molar-refractivity contribution >= 4 is 7.60 Å². The van der Waals surface area contributed by atoms with Crippen molar-refractivity contribution in [1.29, 1.82) is 0 Å². The first kappa shape index (κ1) is 15.5. The summed E-state index contributed by atoms with van der Waals surface area (Å²) in [5.41, 5.74) is 0. The average Bonchev–Trinajstić information content (AvgIpc) is 1.85. The summed E-state index contributed by atoms with van der Waals surface area (Å²) in [6.07, 6.45) is -0.287. The van der Waals surface area contributed by atoms with Gasteiger partial charge in [0.25, 0.3) is 0 Å². The van der Waals surface area contributed by atoms with Crippen LogP contribution in [0.5, 0.6) is 0 Å². The second-order valence-corrected chi connectivity index (χ2v) is 4.36. The second-order valence-electron chi connectivity index (χ2n) is 2.69. The van der Waals surface area contributed by atoms with Gasteiger partial charge in [0.1, 0.15) is 6.23 Å². The summed E-state index contributed by atoms with van der Waals surface area (Å²) in [5.74, 6) is 0. The van der Waals surface area contributed by atoms with Crippen molar-refractivity contribution in [2.45, 2.75) is 27.0 Å². The molecule has 5 nitrogen and oxygen atoms in total. The predicted molar refractivity (Wildman–Crippen MR) is 52.6 cm³/mol. The van der Waals surface area contributed by atoms with E-state index in [1.807, 2.05) is 18.7 Å². The Morgan fingerprint density at radius 2 is 1.54 bits per heavy atom. The Labute approximate surface area is 79.5 Å². The van der Waals surface area contributed by atoms with Crippen LogP contribution >= 0.6 is 7.60 Å². The van der Waals surface area contributed by atoms with Crippen molar-refractivity contribution in [2.75, 3.05) is 19.8 Å². The molecule has 1 atom stereocenters. The Bertz CT molecular complexity index is 144. The van der Waals surface area contributed by atoms with Gasteiger partial charge in [-0.1, -0.05) is 13.8 Å². The summed E-state index contributed by atoms with van der Waals surface area (Å²) in [6.45, 7) is 8.56. The van der Waals surface area contributed by atoms with E-state index < -0.39 is 7.60 Å². The van der Waals surface area contributed by atoms with Crippen molar-refractivity contribution in [3.05, 3.63) is 0 Å². The van der Waals surface area contributed by atoms with E-state index in [-0.39, 0.29) is 6.23 Å². The van der Waals surface area contributed by atoms with E-state index in [1.54, 1.807) is 6.92 Å². The fraction of sp³-hybridized carbons (Fsp3) is 1.00. The van der Waals surface area contributed by atoms with Gasteiger partial charge in [-0.05, 0) is 20.0 Å². The van der Waals surface area contributed by atoms with E-state index in [0.29, 0.717) is 0 Å². The van der Waals surface area contributed by atoms with Crippen LogP contribution in [0.1, 0.15) is 20.8 Å². The Balaban J connectivity index is 0. The molecule has 0 spiro atoms. The highest BCUT2D eigenvalue weighted by Crippen LogP contribution is 2.26. The van der Waals surface area contributed by atoms with Crippen LogP contribution in [0.25, 0.3) is 0 Å². The second kappa shape index (κ2) is 7.47. The molecular formula is C7H20NO4P.